The second-order valence-corrected chi connectivity index (χ2v) is 6.21. The van der Waals surface area contributed by atoms with Crippen molar-refractivity contribution in [3.63, 3.8) is 0 Å². The Labute approximate surface area is 108 Å². The van der Waals surface area contributed by atoms with Gasteiger partial charge in [-0.05, 0) is 19.8 Å². The van der Waals surface area contributed by atoms with Crippen molar-refractivity contribution in [1.82, 2.24) is 0 Å². The molecule has 4 nitrogen and oxygen atoms in total. The maximum Gasteiger partial charge on any atom is 0.165 e. The van der Waals surface area contributed by atoms with Gasteiger partial charge in [0.05, 0.1) is 23.2 Å². The number of carbonyl (C=O) groups excluding carboxylic acids is 1. The van der Waals surface area contributed by atoms with Crippen LogP contribution in [0.5, 0.6) is 0 Å². The van der Waals surface area contributed by atoms with Crippen LogP contribution in [0.1, 0.15) is 40.0 Å². The van der Waals surface area contributed by atoms with E-state index >= 15 is 0 Å². The van der Waals surface area contributed by atoms with Crippen LogP contribution >= 0.6 is 0 Å². The maximum absolute atomic E-state index is 12.2. The highest BCUT2D eigenvalue weighted by Crippen LogP contribution is 2.60. The molecule has 2 heterocycles. The molecule has 18 heavy (non-hydrogen) atoms. The van der Waals surface area contributed by atoms with Gasteiger partial charge in [-0.2, -0.15) is 0 Å². The second-order valence-electron chi connectivity index (χ2n) is 6.21. The summed E-state index contributed by atoms with van der Waals surface area (Å²) in [6.45, 7) is 6.36. The molecule has 3 aliphatic rings. The molecule has 3 rings (SSSR count). The Morgan fingerprint density at radius 1 is 1.50 bits per heavy atom. The van der Waals surface area contributed by atoms with Crippen molar-refractivity contribution in [3.05, 3.63) is 0 Å². The molecule has 1 N–H and O–H groups in total. The fourth-order valence-corrected chi connectivity index (χ4v) is 4.42. The molecule has 0 unspecified atom stereocenters. The minimum atomic E-state index is -0.964. The molecule has 102 valence electrons. The van der Waals surface area contributed by atoms with Gasteiger partial charge in [0.25, 0.3) is 0 Å². The molecule has 2 bridgehead atoms. The summed E-state index contributed by atoms with van der Waals surface area (Å²) in [7, 11) is 0. The van der Waals surface area contributed by atoms with Crippen molar-refractivity contribution in [3.8, 4) is 0 Å². The highest BCUT2D eigenvalue weighted by Gasteiger charge is 2.72. The standard InChI is InChI=1S/C14H22O4/c1-4-17-12-9(15)7-14(16)8(2)10-5-6-11(18-10)13(12,14)3/h8,10-12,16H,4-7H2,1-3H3/t8-,10+,11-,12-,13+,14-/m1/s1. The Morgan fingerprint density at radius 2 is 2.22 bits per heavy atom. The number of hydrogen-bond donors (Lipinski definition) is 1. The first-order valence-corrected chi connectivity index (χ1v) is 6.97. The zero-order chi connectivity index (χ0) is 13.1. The van der Waals surface area contributed by atoms with E-state index in [2.05, 4.69) is 0 Å². The number of ether oxygens (including phenoxy) is 2. The van der Waals surface area contributed by atoms with Gasteiger partial charge in [0.15, 0.2) is 5.78 Å². The lowest BCUT2D eigenvalue weighted by molar-refractivity contribution is -0.247. The molecule has 0 aromatic rings. The molecule has 1 aliphatic carbocycles. The molecular weight excluding hydrogens is 232 g/mol. The van der Waals surface area contributed by atoms with Crippen LogP contribution in [0.3, 0.4) is 0 Å². The fraction of sp³-hybridized carbons (Fsp3) is 0.929. The largest absolute Gasteiger partial charge is 0.388 e. The van der Waals surface area contributed by atoms with Crippen LogP contribution in [-0.2, 0) is 14.3 Å². The SMILES string of the molecule is CCO[C@@H]1C(=O)C[C@@]2(O)[C@H](C)[C@@H]3CC[C@@H](O3)[C@@]12C. The topological polar surface area (TPSA) is 55.8 Å². The lowest BCUT2D eigenvalue weighted by Gasteiger charge is -2.52. The van der Waals surface area contributed by atoms with E-state index in [0.717, 1.165) is 12.8 Å². The first-order valence-electron chi connectivity index (χ1n) is 6.97. The molecule has 6 atom stereocenters. The van der Waals surface area contributed by atoms with Crippen LogP contribution in [0, 0.1) is 11.3 Å². The van der Waals surface area contributed by atoms with E-state index < -0.39 is 17.1 Å². The third-order valence-corrected chi connectivity index (χ3v) is 5.58. The third-order valence-electron chi connectivity index (χ3n) is 5.58. The normalized spacial score (nSPS) is 54.8. The van der Waals surface area contributed by atoms with E-state index in [1.807, 2.05) is 20.8 Å². The molecule has 3 fully saturated rings. The van der Waals surface area contributed by atoms with Crippen molar-refractivity contribution in [1.29, 1.82) is 0 Å². The van der Waals surface area contributed by atoms with Gasteiger partial charge in [-0.15, -0.1) is 0 Å². The Bertz CT molecular complexity index is 382. The van der Waals surface area contributed by atoms with E-state index in [1.165, 1.54) is 0 Å². The number of carbonyl (C=O) groups is 1. The molecule has 1 saturated carbocycles. The number of aliphatic hydroxyl groups is 1. The van der Waals surface area contributed by atoms with Crippen LogP contribution < -0.4 is 0 Å². The first kappa shape index (κ1) is 12.6. The van der Waals surface area contributed by atoms with Crippen molar-refractivity contribution >= 4 is 5.78 Å². The lowest BCUT2D eigenvalue weighted by atomic mass is 9.64. The minimum Gasteiger partial charge on any atom is -0.388 e. The van der Waals surface area contributed by atoms with Gasteiger partial charge >= 0.3 is 0 Å². The number of Topliss-reactive ketones (excluding diaryl/α,β-unsaturated/α-hetero) is 1. The van der Waals surface area contributed by atoms with Gasteiger partial charge in [0.2, 0.25) is 0 Å². The van der Waals surface area contributed by atoms with Crippen LogP contribution in [0.25, 0.3) is 0 Å². The van der Waals surface area contributed by atoms with Crippen molar-refractivity contribution in [2.45, 2.75) is 63.9 Å². The molecule has 4 heteroatoms. The minimum absolute atomic E-state index is 0.00402. The Kier molecular flexibility index (Phi) is 2.64. The van der Waals surface area contributed by atoms with E-state index in [4.69, 9.17) is 9.47 Å². The molecule has 2 saturated heterocycles. The first-order chi connectivity index (χ1) is 8.45. The summed E-state index contributed by atoms with van der Waals surface area (Å²) in [6, 6.07) is 0. The van der Waals surface area contributed by atoms with Crippen LogP contribution in [0.4, 0.5) is 0 Å². The average Bonchev–Trinajstić information content (AvgIpc) is 2.86. The number of hydrogen-bond acceptors (Lipinski definition) is 4. The van der Waals surface area contributed by atoms with E-state index in [0.29, 0.717) is 6.61 Å². The zero-order valence-corrected chi connectivity index (χ0v) is 11.3. The molecule has 0 spiro atoms. The molecule has 0 amide bonds. The zero-order valence-electron chi connectivity index (χ0n) is 11.3. The van der Waals surface area contributed by atoms with Gasteiger partial charge in [0.1, 0.15) is 6.10 Å². The monoisotopic (exact) mass is 254 g/mol. The summed E-state index contributed by atoms with van der Waals surface area (Å²) < 4.78 is 11.7. The molecule has 2 aliphatic heterocycles. The van der Waals surface area contributed by atoms with Crippen LogP contribution in [-0.4, -0.2) is 41.4 Å². The number of ketones is 1. The van der Waals surface area contributed by atoms with Gasteiger partial charge in [-0.1, -0.05) is 13.8 Å². The summed E-state index contributed by atoms with van der Waals surface area (Å²) in [5, 5.41) is 11.1. The molecular formula is C14H22O4. The Hall–Kier alpha value is -0.450. The highest BCUT2D eigenvalue weighted by molar-refractivity contribution is 5.88. The third kappa shape index (κ3) is 1.24. The van der Waals surface area contributed by atoms with Gasteiger partial charge in [0, 0.05) is 18.9 Å². The summed E-state index contributed by atoms with van der Waals surface area (Å²) in [4.78, 5) is 12.2. The molecule has 0 radical (unpaired) electrons. The van der Waals surface area contributed by atoms with Crippen molar-refractivity contribution < 1.29 is 19.4 Å². The molecule has 0 aromatic heterocycles. The maximum atomic E-state index is 12.2. The Balaban J connectivity index is 2.06. The van der Waals surface area contributed by atoms with E-state index in [9.17, 15) is 9.90 Å². The average molecular weight is 254 g/mol. The predicted octanol–water partition coefficient (Wildman–Crippen LogP) is 1.30. The lowest BCUT2D eigenvalue weighted by Crippen LogP contribution is -2.63. The summed E-state index contributed by atoms with van der Waals surface area (Å²) in [5.74, 6) is 0.0282. The fourth-order valence-electron chi connectivity index (χ4n) is 4.42. The van der Waals surface area contributed by atoms with E-state index in [-0.39, 0.29) is 30.3 Å². The predicted molar refractivity (Wildman–Crippen MR) is 65.2 cm³/mol. The van der Waals surface area contributed by atoms with Crippen molar-refractivity contribution in [2.24, 2.45) is 11.3 Å². The van der Waals surface area contributed by atoms with Gasteiger partial charge < -0.3 is 14.6 Å². The summed E-state index contributed by atoms with van der Waals surface area (Å²) >= 11 is 0. The Morgan fingerprint density at radius 3 is 2.89 bits per heavy atom. The number of rotatable bonds is 2. The summed E-state index contributed by atoms with van der Waals surface area (Å²) in [5.41, 5.74) is -1.56. The van der Waals surface area contributed by atoms with Gasteiger partial charge in [-0.25, -0.2) is 0 Å². The van der Waals surface area contributed by atoms with Gasteiger partial charge in [-0.3, -0.25) is 4.79 Å². The van der Waals surface area contributed by atoms with Crippen LogP contribution in [0.2, 0.25) is 0 Å². The van der Waals surface area contributed by atoms with E-state index in [1.54, 1.807) is 0 Å². The molecule has 0 aromatic carbocycles. The van der Waals surface area contributed by atoms with Crippen LogP contribution in [0.15, 0.2) is 0 Å². The smallest absolute Gasteiger partial charge is 0.165 e. The second kappa shape index (κ2) is 3.78. The van der Waals surface area contributed by atoms with Crippen molar-refractivity contribution in [2.75, 3.05) is 6.61 Å². The quantitative estimate of drug-likeness (QED) is 0.807. The highest BCUT2D eigenvalue weighted by atomic mass is 16.5. The number of fused-ring (bicyclic) bond motifs is 4. The summed E-state index contributed by atoms with van der Waals surface area (Å²) in [6.07, 6.45) is 1.65.